The van der Waals surface area contributed by atoms with Crippen LogP contribution in [-0.2, 0) is 13.0 Å². The largest absolute Gasteiger partial charge is 0.586 e. The first-order valence-electron chi connectivity index (χ1n) is 13.0. The van der Waals surface area contributed by atoms with Gasteiger partial charge in [-0.3, -0.25) is 9.69 Å². The van der Waals surface area contributed by atoms with Crippen molar-refractivity contribution >= 4 is 28.5 Å². The molecular weight excluding hydrogens is 601 g/mol. The third-order valence-electron chi connectivity index (χ3n) is 7.31. The third kappa shape index (κ3) is 6.64. The molecule has 5 rings (SSSR count). The van der Waals surface area contributed by atoms with Crippen LogP contribution in [0.1, 0.15) is 59.3 Å². The molecule has 0 radical (unpaired) electrons. The number of hydrogen-bond donors (Lipinski definition) is 1. The molecule has 2 aliphatic heterocycles. The van der Waals surface area contributed by atoms with Crippen LogP contribution in [0.4, 0.5) is 8.78 Å². The molecule has 1 amide bonds. The number of benzene rings is 3. The third-order valence-corrected chi connectivity index (χ3v) is 8.02. The van der Waals surface area contributed by atoms with Gasteiger partial charge in [-0.25, -0.2) is 0 Å². The van der Waals surface area contributed by atoms with Crippen LogP contribution >= 0.6 is 22.6 Å². The number of nitrogens with one attached hydrogen (secondary N) is 1. The number of amides is 1. The zero-order valence-electron chi connectivity index (χ0n) is 21.3. The Hall–Kier alpha value is -2.72. The van der Waals surface area contributed by atoms with Gasteiger partial charge in [0, 0.05) is 15.7 Å². The van der Waals surface area contributed by atoms with Gasteiger partial charge in [0.15, 0.2) is 11.5 Å². The lowest BCUT2D eigenvalue weighted by atomic mass is 9.89. The fraction of sp³-hybridized carbons (Fsp3) is 0.367. The van der Waals surface area contributed by atoms with Crippen LogP contribution in [0.5, 0.6) is 11.5 Å². The van der Waals surface area contributed by atoms with Crippen molar-refractivity contribution in [2.75, 3.05) is 13.1 Å². The first kappa shape index (κ1) is 26.9. The molecule has 3 aromatic rings. The number of nitrogens with zero attached hydrogens (tertiary/aromatic N) is 1. The molecule has 1 N–H and O–H groups in total. The zero-order valence-corrected chi connectivity index (χ0v) is 23.4. The molecule has 1 fully saturated rings. The van der Waals surface area contributed by atoms with Crippen LogP contribution in [0.15, 0.2) is 66.7 Å². The molecule has 0 unspecified atom stereocenters. The summed E-state index contributed by atoms with van der Waals surface area (Å²) in [6.07, 6.45) is 0.362. The van der Waals surface area contributed by atoms with Crippen molar-refractivity contribution in [3.63, 3.8) is 0 Å². The summed E-state index contributed by atoms with van der Waals surface area (Å²) in [4.78, 5) is 15.2. The topological polar surface area (TPSA) is 50.8 Å². The summed E-state index contributed by atoms with van der Waals surface area (Å²) in [6, 6.07) is 21.2. The number of piperidine rings is 1. The van der Waals surface area contributed by atoms with Crippen molar-refractivity contribution in [1.82, 2.24) is 10.2 Å². The minimum atomic E-state index is -3.58. The van der Waals surface area contributed by atoms with Gasteiger partial charge in [0.2, 0.25) is 0 Å². The van der Waals surface area contributed by atoms with E-state index in [1.807, 2.05) is 18.2 Å². The standard InChI is InChI=1S/C30H31F2IN2O3/c1-2-26(23-8-10-25(33)11-9-23)34-29(36)24-6-3-20(4-7-24)17-21-13-15-35(16-14-21)19-22-5-12-27-28(18-22)38-30(31,32)37-27/h3-12,18,21,26H,2,13-17,19H2,1H3,(H,34,36)/t26-/m1/s1. The van der Waals surface area contributed by atoms with Crippen molar-refractivity contribution in [2.45, 2.75) is 51.5 Å². The van der Waals surface area contributed by atoms with E-state index in [1.165, 1.54) is 9.13 Å². The Morgan fingerprint density at radius 3 is 2.34 bits per heavy atom. The Kier molecular flexibility index (Phi) is 8.18. The summed E-state index contributed by atoms with van der Waals surface area (Å²) in [5, 5.41) is 3.16. The van der Waals surface area contributed by atoms with E-state index in [0.29, 0.717) is 18.0 Å². The number of likely N-dealkylation sites (tertiary alicyclic amines) is 1. The second kappa shape index (κ2) is 11.6. The monoisotopic (exact) mass is 632 g/mol. The highest BCUT2D eigenvalue weighted by Gasteiger charge is 2.43. The molecule has 5 nitrogen and oxygen atoms in total. The van der Waals surface area contributed by atoms with Gasteiger partial charge in [0.05, 0.1) is 6.04 Å². The Balaban J connectivity index is 1.09. The number of carbonyl (C=O) groups is 1. The average Bonchev–Trinajstić information content (AvgIpc) is 3.22. The van der Waals surface area contributed by atoms with Gasteiger partial charge in [0.1, 0.15) is 0 Å². The summed E-state index contributed by atoms with van der Waals surface area (Å²) < 4.78 is 36.8. The van der Waals surface area contributed by atoms with E-state index in [4.69, 9.17) is 0 Å². The lowest BCUT2D eigenvalue weighted by Gasteiger charge is -2.32. The fourth-order valence-corrected chi connectivity index (χ4v) is 5.54. The van der Waals surface area contributed by atoms with E-state index < -0.39 is 6.29 Å². The molecule has 38 heavy (non-hydrogen) atoms. The van der Waals surface area contributed by atoms with Crippen LogP contribution in [0.3, 0.4) is 0 Å². The Morgan fingerprint density at radius 1 is 1.00 bits per heavy atom. The van der Waals surface area contributed by atoms with Crippen molar-refractivity contribution in [2.24, 2.45) is 5.92 Å². The second-order valence-corrected chi connectivity index (χ2v) is 11.3. The Labute approximate surface area is 235 Å². The summed E-state index contributed by atoms with van der Waals surface area (Å²) >= 11 is 2.28. The molecule has 0 spiro atoms. The van der Waals surface area contributed by atoms with Crippen LogP contribution < -0.4 is 14.8 Å². The van der Waals surface area contributed by atoms with Gasteiger partial charge in [-0.05, 0) is 120 Å². The smallest absolute Gasteiger partial charge is 0.395 e. The lowest BCUT2D eigenvalue weighted by Crippen LogP contribution is -2.33. The van der Waals surface area contributed by atoms with Gasteiger partial charge in [-0.15, -0.1) is 8.78 Å². The molecule has 1 atom stereocenters. The maximum atomic E-state index is 13.3. The minimum Gasteiger partial charge on any atom is -0.395 e. The highest BCUT2D eigenvalue weighted by Crippen LogP contribution is 2.41. The number of halogens is 3. The molecule has 2 heterocycles. The molecule has 0 aromatic heterocycles. The number of hydrogen-bond acceptors (Lipinski definition) is 4. The van der Waals surface area contributed by atoms with E-state index in [9.17, 15) is 13.6 Å². The minimum absolute atomic E-state index is 0.0111. The predicted molar refractivity (Wildman–Crippen MR) is 150 cm³/mol. The molecular formula is C30H31F2IN2O3. The quantitative estimate of drug-likeness (QED) is 0.273. The SMILES string of the molecule is CC[C@@H](NC(=O)c1ccc(CC2CCN(Cc3ccc4c(c3)OC(F)(F)O4)CC2)cc1)c1ccc(I)cc1. The molecule has 8 heteroatoms. The second-order valence-electron chi connectivity index (χ2n) is 10.1. The van der Waals surface area contributed by atoms with Crippen LogP contribution in [-0.4, -0.2) is 30.2 Å². The average molecular weight is 632 g/mol. The normalized spacial score (nSPS) is 17.8. The molecule has 0 bridgehead atoms. The van der Waals surface area contributed by atoms with Crippen molar-refractivity contribution in [1.29, 1.82) is 0 Å². The highest BCUT2D eigenvalue weighted by atomic mass is 127. The van der Waals surface area contributed by atoms with E-state index in [2.05, 4.69) is 85.6 Å². The van der Waals surface area contributed by atoms with E-state index in [-0.39, 0.29) is 23.4 Å². The summed E-state index contributed by atoms with van der Waals surface area (Å²) in [5.41, 5.74) is 3.96. The molecule has 200 valence electrons. The van der Waals surface area contributed by atoms with Gasteiger partial charge >= 0.3 is 6.29 Å². The number of ether oxygens (including phenoxy) is 2. The van der Waals surface area contributed by atoms with E-state index in [0.717, 1.165) is 49.9 Å². The van der Waals surface area contributed by atoms with Crippen molar-refractivity contribution < 1.29 is 23.0 Å². The lowest BCUT2D eigenvalue weighted by molar-refractivity contribution is -0.286. The fourth-order valence-electron chi connectivity index (χ4n) is 5.18. The highest BCUT2D eigenvalue weighted by molar-refractivity contribution is 14.1. The summed E-state index contributed by atoms with van der Waals surface area (Å²) in [7, 11) is 0. The van der Waals surface area contributed by atoms with Crippen molar-refractivity contribution in [3.8, 4) is 11.5 Å². The molecule has 3 aromatic carbocycles. The Morgan fingerprint density at radius 2 is 1.66 bits per heavy atom. The maximum absolute atomic E-state index is 13.3. The predicted octanol–water partition coefficient (Wildman–Crippen LogP) is 6.95. The van der Waals surface area contributed by atoms with E-state index >= 15 is 0 Å². The van der Waals surface area contributed by atoms with Gasteiger partial charge in [-0.1, -0.05) is 37.3 Å². The number of fused-ring (bicyclic) bond motifs is 1. The zero-order chi connectivity index (χ0) is 26.7. The Bertz CT molecular complexity index is 1260. The van der Waals surface area contributed by atoms with E-state index in [1.54, 1.807) is 12.1 Å². The number of alkyl halides is 2. The summed E-state index contributed by atoms with van der Waals surface area (Å²) in [6.45, 7) is 4.67. The maximum Gasteiger partial charge on any atom is 0.586 e. The number of rotatable bonds is 8. The molecule has 0 aliphatic carbocycles. The van der Waals surface area contributed by atoms with Gasteiger partial charge < -0.3 is 14.8 Å². The molecule has 2 aliphatic rings. The van der Waals surface area contributed by atoms with Crippen LogP contribution in [0.2, 0.25) is 0 Å². The number of carbonyl (C=O) groups excluding carboxylic acids is 1. The van der Waals surface area contributed by atoms with Crippen LogP contribution in [0, 0.1) is 9.49 Å². The molecule has 1 saturated heterocycles. The molecule has 0 saturated carbocycles. The van der Waals surface area contributed by atoms with Crippen molar-refractivity contribution in [3.05, 3.63) is 92.6 Å². The summed E-state index contributed by atoms with van der Waals surface area (Å²) in [5.74, 6) is 0.700. The van der Waals surface area contributed by atoms with Gasteiger partial charge in [-0.2, -0.15) is 0 Å². The van der Waals surface area contributed by atoms with Gasteiger partial charge in [0.25, 0.3) is 5.91 Å². The first-order chi connectivity index (χ1) is 18.3. The first-order valence-corrected chi connectivity index (χ1v) is 14.1. The van der Waals surface area contributed by atoms with Crippen LogP contribution in [0.25, 0.3) is 0 Å².